The lowest BCUT2D eigenvalue weighted by molar-refractivity contribution is -0.118. The van der Waals surface area contributed by atoms with Gasteiger partial charge in [-0.3, -0.25) is 4.79 Å². The monoisotopic (exact) mass is 261 g/mol. The molecule has 1 aromatic heterocycles. The Kier molecular flexibility index (Phi) is 3.62. The summed E-state index contributed by atoms with van der Waals surface area (Å²) >= 11 is 1.52. The molecule has 1 atom stereocenters. The predicted octanol–water partition coefficient (Wildman–Crippen LogP) is 2.40. The Balaban J connectivity index is 2.25. The van der Waals surface area contributed by atoms with Crippen LogP contribution in [0.1, 0.15) is 11.8 Å². The minimum Gasteiger partial charge on any atom is -0.368 e. The van der Waals surface area contributed by atoms with Crippen molar-refractivity contribution in [1.29, 1.82) is 0 Å². The number of aromatic nitrogens is 1. The van der Waals surface area contributed by atoms with Crippen LogP contribution in [0, 0.1) is 6.92 Å². The molecule has 0 aliphatic heterocycles. The fraction of sp³-hybridized carbons (Fsp3) is 0.231. The average Bonchev–Trinajstić information content (AvgIpc) is 2.71. The zero-order valence-electron chi connectivity index (χ0n) is 10.3. The van der Waals surface area contributed by atoms with Crippen molar-refractivity contribution >= 4 is 22.4 Å². The molecule has 0 bridgehead atoms. The summed E-state index contributed by atoms with van der Waals surface area (Å²) in [7, 11) is 0. The Morgan fingerprint density at radius 1 is 1.39 bits per heavy atom. The van der Waals surface area contributed by atoms with Gasteiger partial charge >= 0.3 is 0 Å². The molecule has 0 saturated heterocycles. The van der Waals surface area contributed by atoms with E-state index in [-0.39, 0.29) is 5.91 Å². The van der Waals surface area contributed by atoms with Gasteiger partial charge in [0.1, 0.15) is 6.04 Å². The molecule has 0 fully saturated rings. The van der Waals surface area contributed by atoms with Crippen LogP contribution in [-0.4, -0.2) is 16.9 Å². The minimum atomic E-state index is -0.417. The summed E-state index contributed by atoms with van der Waals surface area (Å²) in [4.78, 5) is 16.6. The number of carbonyl (C=O) groups is 1. The zero-order valence-corrected chi connectivity index (χ0v) is 11.1. The Hall–Kier alpha value is -1.88. The lowest BCUT2D eigenvalue weighted by atomic mass is 10.1. The van der Waals surface area contributed by atoms with Gasteiger partial charge in [-0.25, -0.2) is 4.98 Å². The van der Waals surface area contributed by atoms with Crippen molar-refractivity contribution in [2.75, 3.05) is 5.32 Å². The highest BCUT2D eigenvalue weighted by Crippen LogP contribution is 2.30. The second-order valence-electron chi connectivity index (χ2n) is 4.06. The number of aryl methyl sites for hydroxylation is 1. The number of carbonyl (C=O) groups excluding carboxylic acids is 1. The van der Waals surface area contributed by atoms with Gasteiger partial charge in [0, 0.05) is 10.4 Å². The van der Waals surface area contributed by atoms with Gasteiger partial charge in [0.2, 0.25) is 5.91 Å². The van der Waals surface area contributed by atoms with Crippen molar-refractivity contribution < 1.29 is 4.79 Å². The smallest absolute Gasteiger partial charge is 0.239 e. The van der Waals surface area contributed by atoms with Gasteiger partial charge in [-0.15, -0.1) is 11.3 Å². The van der Waals surface area contributed by atoms with E-state index in [1.807, 2.05) is 37.3 Å². The normalized spacial score (nSPS) is 12.1. The summed E-state index contributed by atoms with van der Waals surface area (Å²) in [6.07, 6.45) is 0. The van der Waals surface area contributed by atoms with Crippen LogP contribution in [0.3, 0.4) is 0 Å². The number of hydrogen-bond acceptors (Lipinski definition) is 4. The Bertz CT molecular complexity index is 551. The summed E-state index contributed by atoms with van der Waals surface area (Å²) in [5, 5.41) is 3.73. The third-order valence-corrected chi connectivity index (χ3v) is 3.51. The average molecular weight is 261 g/mol. The molecule has 0 radical (unpaired) electrons. The number of rotatable bonds is 4. The molecule has 0 spiro atoms. The first-order chi connectivity index (χ1) is 8.58. The summed E-state index contributed by atoms with van der Waals surface area (Å²) in [5.41, 5.74) is 7.23. The largest absolute Gasteiger partial charge is 0.368 e. The van der Waals surface area contributed by atoms with E-state index in [9.17, 15) is 4.79 Å². The molecular formula is C13H15N3OS. The fourth-order valence-corrected chi connectivity index (χ4v) is 2.50. The molecule has 0 aliphatic rings. The van der Waals surface area contributed by atoms with Gasteiger partial charge in [-0.2, -0.15) is 0 Å². The van der Waals surface area contributed by atoms with Crippen LogP contribution in [0.25, 0.3) is 11.3 Å². The predicted molar refractivity (Wildman–Crippen MR) is 74.6 cm³/mol. The number of benzene rings is 1. The molecule has 4 nitrogen and oxygen atoms in total. The van der Waals surface area contributed by atoms with Crippen LogP contribution in [0.5, 0.6) is 0 Å². The van der Waals surface area contributed by atoms with Crippen LogP contribution >= 0.6 is 11.3 Å². The molecule has 0 saturated carbocycles. The number of anilines is 1. The third-order valence-electron chi connectivity index (χ3n) is 2.61. The maximum absolute atomic E-state index is 11.0. The minimum absolute atomic E-state index is 0.385. The number of primary amides is 1. The molecule has 2 aromatic rings. The van der Waals surface area contributed by atoms with E-state index < -0.39 is 6.04 Å². The molecule has 1 unspecified atom stereocenters. The van der Waals surface area contributed by atoms with E-state index in [0.29, 0.717) is 0 Å². The molecule has 3 N–H and O–H groups in total. The highest BCUT2D eigenvalue weighted by atomic mass is 32.1. The van der Waals surface area contributed by atoms with Gasteiger partial charge in [0.15, 0.2) is 5.13 Å². The first-order valence-corrected chi connectivity index (χ1v) is 6.48. The Morgan fingerprint density at radius 3 is 2.67 bits per heavy atom. The van der Waals surface area contributed by atoms with Crippen LogP contribution in [0.15, 0.2) is 30.3 Å². The van der Waals surface area contributed by atoms with Gasteiger partial charge in [0.25, 0.3) is 0 Å². The quantitative estimate of drug-likeness (QED) is 0.888. The molecule has 1 aromatic carbocycles. The summed E-state index contributed by atoms with van der Waals surface area (Å²) in [6, 6.07) is 9.55. The van der Waals surface area contributed by atoms with Crippen molar-refractivity contribution in [2.24, 2.45) is 5.73 Å². The first kappa shape index (κ1) is 12.6. The van der Waals surface area contributed by atoms with Crippen molar-refractivity contribution in [2.45, 2.75) is 19.9 Å². The van der Waals surface area contributed by atoms with Crippen LogP contribution in [0.4, 0.5) is 5.13 Å². The topological polar surface area (TPSA) is 68.0 Å². The number of nitrogens with two attached hydrogens (primary N) is 1. The van der Waals surface area contributed by atoms with E-state index in [1.54, 1.807) is 6.92 Å². The number of hydrogen-bond donors (Lipinski definition) is 2. The van der Waals surface area contributed by atoms with Gasteiger partial charge < -0.3 is 11.1 Å². The van der Waals surface area contributed by atoms with Crippen molar-refractivity contribution in [3.63, 3.8) is 0 Å². The maximum Gasteiger partial charge on any atom is 0.239 e. The molecule has 2 rings (SSSR count). The highest BCUT2D eigenvalue weighted by molar-refractivity contribution is 7.16. The molecule has 5 heteroatoms. The van der Waals surface area contributed by atoms with E-state index in [0.717, 1.165) is 21.3 Å². The fourth-order valence-electron chi connectivity index (χ4n) is 1.58. The second kappa shape index (κ2) is 5.18. The number of amides is 1. The SMILES string of the molecule is Cc1sc(NC(C)C(N)=O)nc1-c1ccccc1. The van der Waals surface area contributed by atoms with Crippen molar-refractivity contribution in [3.8, 4) is 11.3 Å². The number of nitrogens with zero attached hydrogens (tertiary/aromatic N) is 1. The summed E-state index contributed by atoms with van der Waals surface area (Å²) in [6.45, 7) is 3.74. The van der Waals surface area contributed by atoms with E-state index in [1.165, 1.54) is 11.3 Å². The highest BCUT2D eigenvalue weighted by Gasteiger charge is 2.13. The van der Waals surface area contributed by atoms with Crippen LogP contribution < -0.4 is 11.1 Å². The maximum atomic E-state index is 11.0. The first-order valence-electron chi connectivity index (χ1n) is 5.66. The molecule has 1 amide bonds. The molecule has 18 heavy (non-hydrogen) atoms. The lowest BCUT2D eigenvalue weighted by Gasteiger charge is -2.07. The Morgan fingerprint density at radius 2 is 2.06 bits per heavy atom. The Labute approximate surface area is 110 Å². The molecule has 94 valence electrons. The van der Waals surface area contributed by atoms with Gasteiger partial charge in [-0.05, 0) is 13.8 Å². The standard InChI is InChI=1S/C13H15N3OS/c1-8(12(14)17)15-13-16-11(9(2)18-13)10-6-4-3-5-7-10/h3-8H,1-2H3,(H2,14,17)(H,15,16). The molecular weight excluding hydrogens is 246 g/mol. The van der Waals surface area contributed by atoms with Crippen molar-refractivity contribution in [3.05, 3.63) is 35.2 Å². The van der Waals surface area contributed by atoms with Crippen LogP contribution in [0.2, 0.25) is 0 Å². The third kappa shape index (κ3) is 2.68. The summed E-state index contributed by atoms with van der Waals surface area (Å²) in [5.74, 6) is -0.385. The van der Waals surface area contributed by atoms with E-state index in [4.69, 9.17) is 5.73 Å². The number of thiazole rings is 1. The lowest BCUT2D eigenvalue weighted by Crippen LogP contribution is -2.32. The van der Waals surface area contributed by atoms with Gasteiger partial charge in [-0.1, -0.05) is 30.3 Å². The zero-order chi connectivity index (χ0) is 13.1. The molecule has 1 heterocycles. The summed E-state index contributed by atoms with van der Waals surface area (Å²) < 4.78 is 0. The van der Waals surface area contributed by atoms with Gasteiger partial charge in [0.05, 0.1) is 5.69 Å². The number of nitrogens with one attached hydrogen (secondary N) is 1. The van der Waals surface area contributed by atoms with E-state index in [2.05, 4.69) is 10.3 Å². The molecule has 0 aliphatic carbocycles. The van der Waals surface area contributed by atoms with Crippen molar-refractivity contribution in [1.82, 2.24) is 4.98 Å². The second-order valence-corrected chi connectivity index (χ2v) is 5.26. The van der Waals surface area contributed by atoms with Crippen LogP contribution in [-0.2, 0) is 4.79 Å². The van der Waals surface area contributed by atoms with E-state index >= 15 is 0 Å².